The van der Waals surface area contributed by atoms with E-state index in [1.54, 1.807) is 0 Å². The Morgan fingerprint density at radius 2 is 0.569 bits per heavy atom. The van der Waals surface area contributed by atoms with E-state index in [2.05, 4.69) is 288 Å². The largest absolute Gasteiger partial charge is 0.344 e. The van der Waals surface area contributed by atoms with Crippen LogP contribution in [0.1, 0.15) is 0 Å². The fraction of sp³-hybridized carbons (Fsp3) is 0.0294. The number of aromatic nitrogens is 2. The van der Waals surface area contributed by atoms with Gasteiger partial charge in [0.05, 0.1) is 11.0 Å². The minimum absolute atomic E-state index is 1.11. The van der Waals surface area contributed by atoms with Crippen LogP contribution in [0.2, 0.25) is 0 Å². The van der Waals surface area contributed by atoms with Gasteiger partial charge in [-0.1, -0.05) is 158 Å². The number of anilines is 6. The lowest BCUT2D eigenvalue weighted by Crippen LogP contribution is -2.09. The van der Waals surface area contributed by atoms with Crippen LogP contribution in [0.25, 0.3) is 98.2 Å². The summed E-state index contributed by atoms with van der Waals surface area (Å²) < 4.78 is 4.73. The summed E-state index contributed by atoms with van der Waals surface area (Å²) in [6, 6.07) is 93.2. The van der Waals surface area contributed by atoms with Gasteiger partial charge in [-0.3, -0.25) is 0 Å². The quantitative estimate of drug-likeness (QED) is 0.151. The summed E-state index contributed by atoms with van der Waals surface area (Å²) in [6.07, 6.45) is 0. The third kappa shape index (κ3) is 6.75. The number of hydrogen-bond donors (Lipinski definition) is 0. The third-order valence-electron chi connectivity index (χ3n) is 15.1. The molecule has 0 amide bonds. The van der Waals surface area contributed by atoms with Gasteiger partial charge in [-0.05, 0) is 152 Å². The average Bonchev–Trinajstić information content (AvgIpc) is 3.90. The van der Waals surface area contributed by atoms with E-state index < -0.39 is 0 Å². The van der Waals surface area contributed by atoms with Crippen molar-refractivity contribution < 1.29 is 0 Å². The van der Waals surface area contributed by atoms with Crippen LogP contribution in [0, 0.1) is 0 Å². The van der Waals surface area contributed by atoms with Gasteiger partial charge in [-0.25, -0.2) is 0 Å². The zero-order chi connectivity index (χ0) is 47.9. The molecule has 0 N–H and O–H groups in total. The van der Waals surface area contributed by atoms with Crippen molar-refractivity contribution in [1.82, 2.24) is 9.13 Å². The molecule has 0 fully saturated rings. The van der Waals surface area contributed by atoms with Crippen LogP contribution < -0.4 is 9.80 Å². The third-order valence-corrected chi connectivity index (χ3v) is 15.1. The Morgan fingerprint density at radius 1 is 0.236 bits per heavy atom. The SMILES string of the molecule is Cn1c2cc(N(c3ccccc3)c3ccc(-c4ccc5ccccc5c4)cc3)ccc2c2c3ccc4c(c3ccc21)c1ccc(N(c2ccccc2)c2ccc(-c3ccc5ccccc5c3)cc2)cc1n4C. The first kappa shape index (κ1) is 41.6. The molecule has 0 bridgehead atoms. The predicted octanol–water partition coefficient (Wildman–Crippen LogP) is 18.7. The minimum atomic E-state index is 1.11. The Hall–Kier alpha value is -9.38. The van der Waals surface area contributed by atoms with Gasteiger partial charge >= 0.3 is 0 Å². The first-order chi connectivity index (χ1) is 35.5. The zero-order valence-corrected chi connectivity index (χ0v) is 40.0. The highest BCUT2D eigenvalue weighted by Crippen LogP contribution is 2.45. The molecule has 0 radical (unpaired) electrons. The summed E-state index contributed by atoms with van der Waals surface area (Å²) in [5.74, 6) is 0. The Kier molecular flexibility index (Phi) is 9.62. The standard InChI is InChI=1S/C68H48N4/c1-69-63-39-37-60-59(67(63)61-35-33-57(43-65(61)69)71(53-17-5-3-6-18-53)55-29-25-47(26-30-55)51-23-21-45-13-9-11-15-49(45)41-51)38-40-64-68(60)62-36-34-58(44-66(62)70(64)2)72(54-19-7-4-8-20-54)56-31-27-48(28-32-56)52-24-22-46-14-10-12-16-50(46)42-52/h3-44H,1-2H3. The first-order valence-corrected chi connectivity index (χ1v) is 24.8. The molecule has 14 aromatic rings. The average molecular weight is 921 g/mol. The van der Waals surface area contributed by atoms with Crippen molar-refractivity contribution in [2.24, 2.45) is 14.1 Å². The molecule has 0 saturated carbocycles. The lowest BCUT2D eigenvalue weighted by Gasteiger charge is -2.26. The van der Waals surface area contributed by atoms with Crippen LogP contribution in [0.4, 0.5) is 34.1 Å². The van der Waals surface area contributed by atoms with Crippen molar-refractivity contribution in [3.05, 3.63) is 255 Å². The molecule has 2 heterocycles. The Labute approximate surface area is 418 Å². The number of benzene rings is 12. The van der Waals surface area contributed by atoms with E-state index in [1.807, 2.05) is 0 Å². The number of nitrogens with zero attached hydrogens (tertiary/aromatic N) is 4. The van der Waals surface area contributed by atoms with Crippen molar-refractivity contribution >= 4 is 110 Å². The summed E-state index contributed by atoms with van der Waals surface area (Å²) in [7, 11) is 4.41. The van der Waals surface area contributed by atoms with Gasteiger partial charge in [0, 0.05) is 80.8 Å². The lowest BCUT2D eigenvalue weighted by molar-refractivity contribution is 1.01. The fourth-order valence-electron chi connectivity index (χ4n) is 11.5. The normalized spacial score (nSPS) is 11.8. The van der Waals surface area contributed by atoms with Crippen LogP contribution in [0.5, 0.6) is 0 Å². The number of rotatable bonds is 8. The van der Waals surface area contributed by atoms with Crippen molar-refractivity contribution in [3.63, 3.8) is 0 Å². The highest BCUT2D eigenvalue weighted by molar-refractivity contribution is 6.29. The second-order valence-corrected chi connectivity index (χ2v) is 19.1. The summed E-state index contributed by atoms with van der Waals surface area (Å²) in [6.45, 7) is 0. The molecule has 0 aliphatic heterocycles. The minimum Gasteiger partial charge on any atom is -0.344 e. The summed E-state index contributed by atoms with van der Waals surface area (Å²) >= 11 is 0. The second-order valence-electron chi connectivity index (χ2n) is 19.1. The molecular formula is C68H48N4. The fourth-order valence-corrected chi connectivity index (χ4v) is 11.5. The smallest absolute Gasteiger partial charge is 0.0509 e. The van der Waals surface area contributed by atoms with Gasteiger partial charge in [0.2, 0.25) is 0 Å². The van der Waals surface area contributed by atoms with Crippen molar-refractivity contribution in [3.8, 4) is 22.3 Å². The van der Waals surface area contributed by atoms with Gasteiger partial charge in [-0.2, -0.15) is 0 Å². The Bertz CT molecular complexity index is 4110. The van der Waals surface area contributed by atoms with Gasteiger partial charge in [0.25, 0.3) is 0 Å². The maximum absolute atomic E-state index is 2.37. The van der Waals surface area contributed by atoms with Crippen LogP contribution in [0.3, 0.4) is 0 Å². The number of aryl methyl sites for hydroxylation is 2. The summed E-state index contributed by atoms with van der Waals surface area (Å²) in [5, 5.41) is 12.6. The van der Waals surface area contributed by atoms with Crippen LogP contribution >= 0.6 is 0 Å². The van der Waals surface area contributed by atoms with E-state index in [0.717, 1.165) is 34.1 Å². The molecule has 0 aliphatic rings. The van der Waals surface area contributed by atoms with Crippen LogP contribution in [-0.2, 0) is 14.1 Å². The Morgan fingerprint density at radius 3 is 0.986 bits per heavy atom. The van der Waals surface area contributed by atoms with Gasteiger partial charge in [-0.15, -0.1) is 0 Å². The molecule has 0 aliphatic carbocycles. The number of hydrogen-bond acceptors (Lipinski definition) is 2. The summed E-state index contributed by atoms with van der Waals surface area (Å²) in [4.78, 5) is 4.74. The molecule has 0 unspecified atom stereocenters. The van der Waals surface area contributed by atoms with E-state index in [0.29, 0.717) is 0 Å². The molecule has 340 valence electrons. The van der Waals surface area contributed by atoms with Gasteiger partial charge in [0.15, 0.2) is 0 Å². The van der Waals surface area contributed by atoms with E-state index in [4.69, 9.17) is 0 Å². The highest BCUT2D eigenvalue weighted by atomic mass is 15.1. The molecule has 4 nitrogen and oxygen atoms in total. The molecule has 0 saturated heterocycles. The topological polar surface area (TPSA) is 16.3 Å². The molecule has 2 aromatic heterocycles. The van der Waals surface area contributed by atoms with Gasteiger partial charge < -0.3 is 18.9 Å². The maximum Gasteiger partial charge on any atom is 0.0509 e. The van der Waals surface area contributed by atoms with Crippen molar-refractivity contribution in [2.75, 3.05) is 9.80 Å². The van der Waals surface area contributed by atoms with E-state index >= 15 is 0 Å². The number of fused-ring (bicyclic) bond motifs is 11. The molecule has 14 rings (SSSR count). The summed E-state index contributed by atoms with van der Waals surface area (Å²) in [5.41, 5.74) is 16.3. The van der Waals surface area contributed by atoms with Gasteiger partial charge in [0.1, 0.15) is 0 Å². The van der Waals surface area contributed by atoms with Crippen LogP contribution in [0.15, 0.2) is 255 Å². The highest BCUT2D eigenvalue weighted by Gasteiger charge is 2.21. The Balaban J connectivity index is 0.853. The molecule has 12 aromatic carbocycles. The monoisotopic (exact) mass is 920 g/mol. The van der Waals surface area contributed by atoms with E-state index in [9.17, 15) is 0 Å². The molecule has 4 heteroatoms. The zero-order valence-electron chi connectivity index (χ0n) is 40.0. The van der Waals surface area contributed by atoms with Crippen LogP contribution in [-0.4, -0.2) is 9.13 Å². The molecular weight excluding hydrogens is 873 g/mol. The molecule has 0 atom stereocenters. The second kappa shape index (κ2) is 16.6. The predicted molar refractivity (Wildman–Crippen MR) is 307 cm³/mol. The molecule has 0 spiro atoms. The van der Waals surface area contributed by atoms with Crippen molar-refractivity contribution in [2.45, 2.75) is 0 Å². The van der Waals surface area contributed by atoms with E-state index in [1.165, 1.54) is 98.2 Å². The lowest BCUT2D eigenvalue weighted by atomic mass is 9.99. The van der Waals surface area contributed by atoms with Crippen molar-refractivity contribution in [1.29, 1.82) is 0 Å². The molecule has 72 heavy (non-hydrogen) atoms. The first-order valence-electron chi connectivity index (χ1n) is 24.8. The van der Waals surface area contributed by atoms with E-state index in [-0.39, 0.29) is 0 Å². The number of para-hydroxylation sites is 2. The maximum atomic E-state index is 2.37.